The zero-order chi connectivity index (χ0) is 23.3. The predicted octanol–water partition coefficient (Wildman–Crippen LogP) is 0.879. The molecule has 32 heavy (non-hydrogen) atoms. The lowest BCUT2D eigenvalue weighted by atomic mass is 10.1. The summed E-state index contributed by atoms with van der Waals surface area (Å²) in [5.41, 5.74) is -0.532. The van der Waals surface area contributed by atoms with Crippen LogP contribution in [-0.4, -0.2) is 76.6 Å². The molecule has 13 heteroatoms. The molecule has 1 atom stereocenters. The van der Waals surface area contributed by atoms with Crippen molar-refractivity contribution >= 4 is 34.5 Å². The normalized spacial score (nSPS) is 16.4. The van der Waals surface area contributed by atoms with Gasteiger partial charge < -0.3 is 25.4 Å². The summed E-state index contributed by atoms with van der Waals surface area (Å²) in [6.45, 7) is -0.263. The standard InChI is InChI=1S/C19H20F3N5O5/c20-19(21,22)11-1-2-13-12(7-11)17(25-10-24-13)26-14-3-5-27(18(14)31)6-4-23-15(28)8-32-9-16(29)30/h1-2,7,10,14H,3-6,8-9H2,(H,23,28)(H,29,30)(H,24,25,26)/t14-/m0/s1. The van der Waals surface area contributed by atoms with Crippen molar-refractivity contribution in [3.05, 3.63) is 30.1 Å². The van der Waals surface area contributed by atoms with Gasteiger partial charge >= 0.3 is 12.1 Å². The van der Waals surface area contributed by atoms with Gasteiger partial charge in [-0.05, 0) is 24.6 Å². The van der Waals surface area contributed by atoms with Crippen molar-refractivity contribution in [3.8, 4) is 0 Å². The Bertz CT molecular complexity index is 1020. The summed E-state index contributed by atoms with van der Waals surface area (Å²) in [5, 5.41) is 14.0. The second-order valence-electron chi connectivity index (χ2n) is 7.00. The Labute approximate surface area is 179 Å². The van der Waals surface area contributed by atoms with Gasteiger partial charge in [0.15, 0.2) is 0 Å². The molecule has 2 heterocycles. The molecule has 172 valence electrons. The Balaban J connectivity index is 1.57. The van der Waals surface area contributed by atoms with E-state index in [4.69, 9.17) is 5.11 Å². The number of aromatic nitrogens is 2. The number of halogens is 3. The number of fused-ring (bicyclic) bond motifs is 1. The number of hydrogen-bond acceptors (Lipinski definition) is 7. The van der Waals surface area contributed by atoms with E-state index in [1.807, 2.05) is 0 Å². The number of nitrogens with zero attached hydrogens (tertiary/aromatic N) is 3. The minimum atomic E-state index is -4.52. The molecule has 0 aliphatic carbocycles. The molecule has 0 spiro atoms. The fraction of sp³-hybridized carbons (Fsp3) is 0.421. The Kier molecular flexibility index (Phi) is 7.08. The van der Waals surface area contributed by atoms with E-state index in [1.165, 1.54) is 17.3 Å². The maximum Gasteiger partial charge on any atom is 0.416 e. The van der Waals surface area contributed by atoms with E-state index in [0.29, 0.717) is 18.5 Å². The van der Waals surface area contributed by atoms with Crippen molar-refractivity contribution in [1.29, 1.82) is 0 Å². The summed E-state index contributed by atoms with van der Waals surface area (Å²) in [4.78, 5) is 44.0. The van der Waals surface area contributed by atoms with E-state index in [2.05, 4.69) is 25.3 Å². The lowest BCUT2D eigenvalue weighted by molar-refractivity contribution is -0.143. The zero-order valence-corrected chi connectivity index (χ0v) is 16.7. The molecule has 1 aliphatic rings. The number of carbonyl (C=O) groups excluding carboxylic acids is 2. The molecular formula is C19H20F3N5O5. The summed E-state index contributed by atoms with van der Waals surface area (Å²) < 4.78 is 43.8. The quantitative estimate of drug-likeness (QED) is 0.508. The third-order valence-electron chi connectivity index (χ3n) is 4.73. The lowest BCUT2D eigenvalue weighted by Crippen LogP contribution is -2.39. The van der Waals surface area contributed by atoms with Crippen molar-refractivity contribution in [2.75, 3.05) is 38.2 Å². The number of carboxylic acids is 1. The van der Waals surface area contributed by atoms with Gasteiger partial charge in [-0.15, -0.1) is 0 Å². The van der Waals surface area contributed by atoms with Crippen molar-refractivity contribution in [1.82, 2.24) is 20.2 Å². The lowest BCUT2D eigenvalue weighted by Gasteiger charge is -2.18. The molecule has 1 aromatic heterocycles. The monoisotopic (exact) mass is 455 g/mol. The van der Waals surface area contributed by atoms with Crippen LogP contribution >= 0.6 is 0 Å². The van der Waals surface area contributed by atoms with Crippen LogP contribution in [0.25, 0.3) is 10.9 Å². The van der Waals surface area contributed by atoms with Crippen molar-refractivity contribution < 1.29 is 37.4 Å². The maximum absolute atomic E-state index is 13.1. The van der Waals surface area contributed by atoms with Crippen molar-refractivity contribution in [2.45, 2.75) is 18.6 Å². The van der Waals surface area contributed by atoms with E-state index in [-0.39, 0.29) is 30.2 Å². The van der Waals surface area contributed by atoms with E-state index in [9.17, 15) is 27.6 Å². The predicted molar refractivity (Wildman–Crippen MR) is 105 cm³/mol. The van der Waals surface area contributed by atoms with E-state index < -0.39 is 42.9 Å². The van der Waals surface area contributed by atoms with Gasteiger partial charge in [0.2, 0.25) is 11.8 Å². The molecule has 0 bridgehead atoms. The number of benzene rings is 1. The molecule has 1 saturated heterocycles. The minimum Gasteiger partial charge on any atom is -0.480 e. The molecule has 1 aromatic carbocycles. The largest absolute Gasteiger partial charge is 0.480 e. The molecule has 3 N–H and O–H groups in total. The number of ether oxygens (including phenoxy) is 1. The molecule has 1 aliphatic heterocycles. The molecule has 2 aromatic rings. The number of likely N-dealkylation sites (tertiary alicyclic amines) is 1. The molecule has 0 unspecified atom stereocenters. The highest BCUT2D eigenvalue weighted by Gasteiger charge is 2.33. The first kappa shape index (κ1) is 23.2. The molecule has 0 radical (unpaired) electrons. The van der Waals surface area contributed by atoms with Crippen LogP contribution in [0.2, 0.25) is 0 Å². The number of rotatable bonds is 9. The third-order valence-corrected chi connectivity index (χ3v) is 4.73. The van der Waals surface area contributed by atoms with Crippen LogP contribution in [0, 0.1) is 0 Å². The summed E-state index contributed by atoms with van der Waals surface area (Å²) in [6.07, 6.45) is -2.92. The SMILES string of the molecule is O=C(O)COCC(=O)NCCN1CC[C@H](Nc2ncnc3ccc(C(F)(F)F)cc23)C1=O. The van der Waals surface area contributed by atoms with Crippen LogP contribution in [0.1, 0.15) is 12.0 Å². The van der Waals surface area contributed by atoms with Crippen LogP contribution < -0.4 is 10.6 Å². The fourth-order valence-corrected chi connectivity index (χ4v) is 3.22. The van der Waals surface area contributed by atoms with Crippen LogP contribution in [0.5, 0.6) is 0 Å². The first-order valence-electron chi connectivity index (χ1n) is 9.58. The number of aliphatic carboxylic acids is 1. The smallest absolute Gasteiger partial charge is 0.416 e. The minimum absolute atomic E-state index is 0.130. The summed E-state index contributed by atoms with van der Waals surface area (Å²) >= 11 is 0. The average molecular weight is 455 g/mol. The molecular weight excluding hydrogens is 435 g/mol. The number of nitrogens with one attached hydrogen (secondary N) is 2. The highest BCUT2D eigenvalue weighted by Crippen LogP contribution is 2.33. The molecule has 10 nitrogen and oxygen atoms in total. The van der Waals surface area contributed by atoms with E-state index >= 15 is 0 Å². The number of amides is 2. The van der Waals surface area contributed by atoms with E-state index in [0.717, 1.165) is 12.1 Å². The van der Waals surface area contributed by atoms with Gasteiger partial charge in [0.1, 0.15) is 31.4 Å². The molecule has 2 amide bonds. The maximum atomic E-state index is 13.1. The van der Waals surface area contributed by atoms with Crippen molar-refractivity contribution in [2.24, 2.45) is 0 Å². The summed E-state index contributed by atoms with van der Waals surface area (Å²) in [7, 11) is 0. The molecule has 0 saturated carbocycles. The van der Waals surface area contributed by atoms with Gasteiger partial charge in [-0.3, -0.25) is 9.59 Å². The topological polar surface area (TPSA) is 134 Å². The third kappa shape index (κ3) is 5.81. The molecule has 1 fully saturated rings. The Hall–Kier alpha value is -3.48. The average Bonchev–Trinajstić information content (AvgIpc) is 3.06. The van der Waals surface area contributed by atoms with Crippen LogP contribution in [0.4, 0.5) is 19.0 Å². The molecule has 3 rings (SSSR count). The number of anilines is 1. The van der Waals surface area contributed by atoms with Gasteiger partial charge in [0.25, 0.3) is 0 Å². The first-order chi connectivity index (χ1) is 15.1. The number of hydrogen-bond donors (Lipinski definition) is 3. The van der Waals surface area contributed by atoms with Gasteiger partial charge in [0.05, 0.1) is 11.1 Å². The fourth-order valence-electron chi connectivity index (χ4n) is 3.22. The Morgan fingerprint density at radius 2 is 2.03 bits per heavy atom. The Morgan fingerprint density at radius 1 is 1.25 bits per heavy atom. The van der Waals surface area contributed by atoms with Crippen LogP contribution in [0.15, 0.2) is 24.5 Å². The summed E-state index contributed by atoms with van der Waals surface area (Å²) in [6, 6.07) is 2.44. The number of carboxylic acid groups (broad SMARTS) is 1. The van der Waals surface area contributed by atoms with Gasteiger partial charge in [-0.25, -0.2) is 14.8 Å². The zero-order valence-electron chi connectivity index (χ0n) is 16.7. The highest BCUT2D eigenvalue weighted by atomic mass is 19.4. The second kappa shape index (κ2) is 9.77. The number of carbonyl (C=O) groups is 3. The highest BCUT2D eigenvalue weighted by molar-refractivity contribution is 5.93. The van der Waals surface area contributed by atoms with Gasteiger partial charge in [-0.1, -0.05) is 0 Å². The first-order valence-corrected chi connectivity index (χ1v) is 9.58. The van der Waals surface area contributed by atoms with Gasteiger partial charge in [-0.2, -0.15) is 13.2 Å². The van der Waals surface area contributed by atoms with E-state index in [1.54, 1.807) is 0 Å². The second-order valence-corrected chi connectivity index (χ2v) is 7.00. The van der Waals surface area contributed by atoms with Crippen LogP contribution in [0.3, 0.4) is 0 Å². The van der Waals surface area contributed by atoms with Crippen molar-refractivity contribution in [3.63, 3.8) is 0 Å². The Morgan fingerprint density at radius 3 is 2.75 bits per heavy atom. The summed E-state index contributed by atoms with van der Waals surface area (Å²) in [5.74, 6) is -1.85. The van der Waals surface area contributed by atoms with Crippen LogP contribution in [-0.2, 0) is 25.3 Å². The number of alkyl halides is 3. The van der Waals surface area contributed by atoms with Gasteiger partial charge in [0, 0.05) is 25.0 Å².